The van der Waals surface area contributed by atoms with Crippen LogP contribution in [0.4, 0.5) is 0 Å². The maximum Gasteiger partial charge on any atom is 0.257 e. The second-order valence-corrected chi connectivity index (χ2v) is 5.47. The van der Waals surface area contributed by atoms with Crippen LogP contribution in [0.3, 0.4) is 0 Å². The van der Waals surface area contributed by atoms with Crippen LogP contribution in [0.1, 0.15) is 36.0 Å². The molecule has 0 bridgehead atoms. The summed E-state index contributed by atoms with van der Waals surface area (Å²) in [5.41, 5.74) is 6.01. The number of benzene rings is 1. The molecule has 5 heteroatoms. The monoisotopic (exact) mass is 278 g/mol. The molecule has 1 aromatic carbocycles. The van der Waals surface area contributed by atoms with E-state index in [4.69, 9.17) is 5.73 Å². The third kappa shape index (κ3) is 2.88. The van der Waals surface area contributed by atoms with E-state index in [2.05, 4.69) is 0 Å². The van der Waals surface area contributed by atoms with Crippen LogP contribution in [0.5, 0.6) is 11.5 Å². The molecular weight excluding hydrogens is 256 g/mol. The molecule has 4 N–H and O–H groups in total. The van der Waals surface area contributed by atoms with Crippen LogP contribution in [-0.4, -0.2) is 40.7 Å². The molecule has 1 fully saturated rings. The van der Waals surface area contributed by atoms with Crippen LogP contribution in [0.15, 0.2) is 18.2 Å². The lowest BCUT2D eigenvalue weighted by Gasteiger charge is -2.37. The molecule has 1 aromatic rings. The van der Waals surface area contributed by atoms with E-state index in [1.54, 1.807) is 11.9 Å². The van der Waals surface area contributed by atoms with Gasteiger partial charge in [0.2, 0.25) is 0 Å². The van der Waals surface area contributed by atoms with Gasteiger partial charge in [0.15, 0.2) is 0 Å². The first-order valence-corrected chi connectivity index (χ1v) is 7.03. The fourth-order valence-corrected chi connectivity index (χ4v) is 3.01. The van der Waals surface area contributed by atoms with Gasteiger partial charge >= 0.3 is 0 Å². The fraction of sp³-hybridized carbons (Fsp3) is 0.533. The van der Waals surface area contributed by atoms with Gasteiger partial charge in [-0.15, -0.1) is 0 Å². The number of phenolic OH excluding ortho intramolecular Hbond substituents is 2. The van der Waals surface area contributed by atoms with Gasteiger partial charge < -0.3 is 20.8 Å². The number of hydrogen-bond donors (Lipinski definition) is 3. The second kappa shape index (κ2) is 6.13. The third-order valence-electron chi connectivity index (χ3n) is 4.20. The number of hydrogen-bond acceptors (Lipinski definition) is 4. The molecule has 1 saturated carbocycles. The van der Waals surface area contributed by atoms with Gasteiger partial charge in [0.1, 0.15) is 11.5 Å². The van der Waals surface area contributed by atoms with Gasteiger partial charge in [-0.25, -0.2) is 0 Å². The summed E-state index contributed by atoms with van der Waals surface area (Å²) in [7, 11) is 1.76. The van der Waals surface area contributed by atoms with Gasteiger partial charge in [-0.3, -0.25) is 4.79 Å². The van der Waals surface area contributed by atoms with E-state index < -0.39 is 0 Å². The highest BCUT2D eigenvalue weighted by Gasteiger charge is 2.31. The number of nitrogens with zero attached hydrogens (tertiary/aromatic N) is 1. The highest BCUT2D eigenvalue weighted by atomic mass is 16.3. The number of carbonyl (C=O) groups excluding carboxylic acids is 1. The van der Waals surface area contributed by atoms with Crippen LogP contribution in [0.25, 0.3) is 0 Å². The number of nitrogens with two attached hydrogens (primary N) is 1. The summed E-state index contributed by atoms with van der Waals surface area (Å²) in [5, 5.41) is 19.1. The van der Waals surface area contributed by atoms with Gasteiger partial charge in [-0.1, -0.05) is 12.8 Å². The number of aromatic hydroxyl groups is 2. The van der Waals surface area contributed by atoms with Crippen molar-refractivity contribution in [2.75, 3.05) is 13.6 Å². The van der Waals surface area contributed by atoms with Crippen LogP contribution < -0.4 is 5.73 Å². The maximum absolute atomic E-state index is 12.5. The lowest BCUT2D eigenvalue weighted by molar-refractivity contribution is 0.0617. The summed E-state index contributed by atoms with van der Waals surface area (Å²) in [5.74, 6) is -0.161. The fourth-order valence-electron chi connectivity index (χ4n) is 3.01. The molecule has 0 heterocycles. The first-order valence-electron chi connectivity index (χ1n) is 7.03. The molecule has 0 saturated heterocycles. The Bertz CT molecular complexity index is 490. The Morgan fingerprint density at radius 3 is 2.70 bits per heavy atom. The van der Waals surface area contributed by atoms with Crippen molar-refractivity contribution in [3.8, 4) is 11.5 Å². The van der Waals surface area contributed by atoms with E-state index in [0.717, 1.165) is 25.7 Å². The zero-order valence-corrected chi connectivity index (χ0v) is 11.7. The Balaban J connectivity index is 2.18. The smallest absolute Gasteiger partial charge is 0.257 e. The Hall–Kier alpha value is -1.75. The molecule has 1 aliphatic rings. The lowest BCUT2D eigenvalue weighted by atomic mass is 9.83. The first kappa shape index (κ1) is 14.7. The normalized spacial score (nSPS) is 22.5. The number of rotatable bonds is 3. The summed E-state index contributed by atoms with van der Waals surface area (Å²) < 4.78 is 0. The quantitative estimate of drug-likeness (QED) is 0.785. The molecule has 2 unspecified atom stereocenters. The molecular formula is C15H22N2O3. The predicted molar refractivity (Wildman–Crippen MR) is 76.7 cm³/mol. The van der Waals surface area contributed by atoms with Crippen LogP contribution >= 0.6 is 0 Å². The molecule has 110 valence electrons. The Kier molecular flexibility index (Phi) is 4.49. The third-order valence-corrected chi connectivity index (χ3v) is 4.20. The van der Waals surface area contributed by atoms with Gasteiger partial charge in [0.25, 0.3) is 5.91 Å². The SMILES string of the molecule is CN(C(=O)c1ccc(O)cc1O)C1CCCCC1CN. The van der Waals surface area contributed by atoms with Gasteiger partial charge in [-0.2, -0.15) is 0 Å². The number of phenols is 2. The average Bonchev–Trinajstić information content (AvgIpc) is 2.45. The topological polar surface area (TPSA) is 86.8 Å². The number of carbonyl (C=O) groups is 1. The van der Waals surface area contributed by atoms with E-state index in [1.807, 2.05) is 0 Å². The van der Waals surface area contributed by atoms with E-state index >= 15 is 0 Å². The van der Waals surface area contributed by atoms with Crippen LogP contribution in [0.2, 0.25) is 0 Å². The summed E-state index contributed by atoms with van der Waals surface area (Å²) >= 11 is 0. The molecule has 20 heavy (non-hydrogen) atoms. The van der Waals surface area contributed by atoms with Gasteiger partial charge in [0, 0.05) is 19.2 Å². The maximum atomic E-state index is 12.5. The highest BCUT2D eigenvalue weighted by Crippen LogP contribution is 2.30. The molecule has 2 atom stereocenters. The van der Waals surface area contributed by atoms with Crippen LogP contribution in [0, 0.1) is 5.92 Å². The molecule has 0 aliphatic heterocycles. The molecule has 0 radical (unpaired) electrons. The standard InChI is InChI=1S/C15H22N2O3/c1-17(13-5-3-2-4-10(13)9-16)15(20)12-7-6-11(18)8-14(12)19/h6-8,10,13,18-19H,2-5,9,16H2,1H3. The van der Waals surface area contributed by atoms with Crippen molar-refractivity contribution in [1.82, 2.24) is 4.90 Å². The minimum absolute atomic E-state index is 0.0563. The summed E-state index contributed by atoms with van der Waals surface area (Å²) in [6.07, 6.45) is 4.24. The minimum atomic E-state index is -0.229. The van der Waals surface area contributed by atoms with Gasteiger partial charge in [0.05, 0.1) is 5.56 Å². The van der Waals surface area contributed by atoms with Crippen molar-refractivity contribution < 1.29 is 15.0 Å². The summed E-state index contributed by atoms with van der Waals surface area (Å²) in [4.78, 5) is 14.2. The molecule has 5 nitrogen and oxygen atoms in total. The Labute approximate surface area is 119 Å². The van der Waals surface area contributed by atoms with Crippen molar-refractivity contribution in [2.24, 2.45) is 11.7 Å². The Morgan fingerprint density at radius 2 is 2.05 bits per heavy atom. The molecule has 1 amide bonds. The summed E-state index contributed by atoms with van der Waals surface area (Å²) in [6, 6.07) is 4.16. The minimum Gasteiger partial charge on any atom is -0.508 e. The second-order valence-electron chi connectivity index (χ2n) is 5.47. The average molecular weight is 278 g/mol. The zero-order valence-electron chi connectivity index (χ0n) is 11.7. The highest BCUT2D eigenvalue weighted by molar-refractivity contribution is 5.97. The van der Waals surface area contributed by atoms with Gasteiger partial charge in [-0.05, 0) is 37.4 Å². The predicted octanol–water partition coefficient (Wildman–Crippen LogP) is 1.69. The molecule has 0 aromatic heterocycles. The lowest BCUT2D eigenvalue weighted by Crippen LogP contribution is -2.45. The first-order chi connectivity index (χ1) is 9.54. The van der Waals surface area contributed by atoms with E-state index in [-0.39, 0.29) is 29.0 Å². The molecule has 0 spiro atoms. The van der Waals surface area contributed by atoms with Crippen molar-refractivity contribution in [3.05, 3.63) is 23.8 Å². The molecule has 2 rings (SSSR count). The van der Waals surface area contributed by atoms with Crippen molar-refractivity contribution in [2.45, 2.75) is 31.7 Å². The van der Waals surface area contributed by atoms with Crippen molar-refractivity contribution >= 4 is 5.91 Å². The zero-order chi connectivity index (χ0) is 14.7. The summed E-state index contributed by atoms with van der Waals surface area (Å²) in [6.45, 7) is 0.573. The largest absolute Gasteiger partial charge is 0.508 e. The van der Waals surface area contributed by atoms with E-state index in [9.17, 15) is 15.0 Å². The van der Waals surface area contributed by atoms with Crippen molar-refractivity contribution in [3.63, 3.8) is 0 Å². The van der Waals surface area contributed by atoms with E-state index in [1.165, 1.54) is 18.2 Å². The van der Waals surface area contributed by atoms with Crippen molar-refractivity contribution in [1.29, 1.82) is 0 Å². The van der Waals surface area contributed by atoms with E-state index in [0.29, 0.717) is 12.5 Å². The Morgan fingerprint density at radius 1 is 1.35 bits per heavy atom. The number of amides is 1. The molecule has 1 aliphatic carbocycles. The van der Waals surface area contributed by atoms with Crippen LogP contribution in [-0.2, 0) is 0 Å².